The number of carbonyl (C=O) groups is 2. The van der Waals surface area contributed by atoms with Crippen molar-refractivity contribution in [3.05, 3.63) is 59.2 Å². The van der Waals surface area contributed by atoms with Crippen molar-refractivity contribution >= 4 is 12.4 Å². The summed E-state index contributed by atoms with van der Waals surface area (Å²) in [5.41, 5.74) is 1.69. The summed E-state index contributed by atoms with van der Waals surface area (Å²) in [5.74, 6) is 0.446. The monoisotopic (exact) mass is 484 g/mol. The van der Waals surface area contributed by atoms with Gasteiger partial charge in [-0.25, -0.2) is 4.79 Å². The predicted molar refractivity (Wildman–Crippen MR) is 134 cm³/mol. The minimum Gasteiger partial charge on any atom is -0.493 e. The topological polar surface area (TPSA) is 98.1 Å². The average molecular weight is 485 g/mol. The zero-order chi connectivity index (χ0) is 26.3. The van der Waals surface area contributed by atoms with Gasteiger partial charge in [0.25, 0.3) is 6.47 Å². The molecule has 2 rings (SSSR count). The fourth-order valence-corrected chi connectivity index (χ4v) is 3.61. The number of esters is 1. The third-order valence-corrected chi connectivity index (χ3v) is 5.69. The molecule has 8 heteroatoms. The Kier molecular flexibility index (Phi) is 12.9. The third-order valence-electron chi connectivity index (χ3n) is 5.69. The summed E-state index contributed by atoms with van der Waals surface area (Å²) >= 11 is 0. The molecular weight excluding hydrogens is 448 g/mol. The lowest BCUT2D eigenvalue weighted by Gasteiger charge is -2.26. The zero-order valence-corrected chi connectivity index (χ0v) is 21.5. The first-order valence-electron chi connectivity index (χ1n) is 11.2. The van der Waals surface area contributed by atoms with Crippen LogP contribution in [0.2, 0.25) is 0 Å². The van der Waals surface area contributed by atoms with Crippen LogP contribution in [-0.4, -0.2) is 65.9 Å². The molecule has 1 atom stereocenters. The van der Waals surface area contributed by atoms with E-state index in [0.29, 0.717) is 36.4 Å². The molecule has 8 nitrogen and oxygen atoms in total. The van der Waals surface area contributed by atoms with Crippen LogP contribution in [0.5, 0.6) is 11.5 Å². The number of likely N-dealkylation sites (N-methyl/N-ethyl adjacent to an activating group) is 1. The van der Waals surface area contributed by atoms with E-state index in [2.05, 4.69) is 53.9 Å². The normalized spacial score (nSPS) is 11.8. The van der Waals surface area contributed by atoms with Gasteiger partial charge in [-0.2, -0.15) is 5.26 Å². The molecule has 0 heterocycles. The summed E-state index contributed by atoms with van der Waals surface area (Å²) < 4.78 is 19.5. The van der Waals surface area contributed by atoms with E-state index in [4.69, 9.17) is 19.0 Å². The van der Waals surface area contributed by atoms with Crippen molar-refractivity contribution in [2.24, 2.45) is 0 Å². The molecule has 0 radical (unpaired) electrons. The number of methoxy groups -OCH3 is 4. The van der Waals surface area contributed by atoms with Gasteiger partial charge in [0, 0.05) is 6.54 Å². The van der Waals surface area contributed by atoms with Crippen molar-refractivity contribution in [1.29, 1.82) is 5.26 Å². The van der Waals surface area contributed by atoms with Gasteiger partial charge in [0.15, 0.2) is 16.9 Å². The molecule has 0 aromatic heterocycles. The van der Waals surface area contributed by atoms with Crippen LogP contribution in [0.25, 0.3) is 0 Å². The highest BCUT2D eigenvalue weighted by Crippen LogP contribution is 2.36. The van der Waals surface area contributed by atoms with Crippen LogP contribution in [0.4, 0.5) is 0 Å². The Balaban J connectivity index is 0.00000142. The second kappa shape index (κ2) is 15.4. The second-order valence-electron chi connectivity index (χ2n) is 8.05. The van der Waals surface area contributed by atoms with Crippen molar-refractivity contribution in [1.82, 2.24) is 4.90 Å². The van der Waals surface area contributed by atoms with Gasteiger partial charge in [-0.15, -0.1) is 0 Å². The molecule has 0 fully saturated rings. The summed E-state index contributed by atoms with van der Waals surface area (Å²) in [6.45, 7) is 4.12. The first-order chi connectivity index (χ1) is 16.8. The molecule has 0 N–H and O–H groups in total. The molecule has 35 heavy (non-hydrogen) atoms. The Morgan fingerprint density at radius 2 is 1.66 bits per heavy atom. The van der Waals surface area contributed by atoms with E-state index in [0.717, 1.165) is 19.5 Å². The number of benzene rings is 2. The predicted octanol–water partition coefficient (Wildman–Crippen LogP) is 3.69. The fourth-order valence-electron chi connectivity index (χ4n) is 3.61. The minimum atomic E-state index is -1.40. The maximum Gasteiger partial charge on any atom is 0.330 e. The Labute approximate surface area is 208 Å². The number of nitriles is 1. The Morgan fingerprint density at radius 3 is 2.17 bits per heavy atom. The molecule has 0 spiro atoms. The van der Waals surface area contributed by atoms with Gasteiger partial charge in [0.05, 0.1) is 34.5 Å². The second-order valence-corrected chi connectivity index (χ2v) is 8.05. The molecule has 0 aliphatic carbocycles. The molecule has 0 aliphatic rings. The minimum absolute atomic E-state index is 0.348. The quantitative estimate of drug-likeness (QED) is 0.332. The molecule has 0 saturated carbocycles. The molecule has 0 aliphatic heterocycles. The Morgan fingerprint density at radius 1 is 1.03 bits per heavy atom. The first kappa shape index (κ1) is 29.5. The van der Waals surface area contributed by atoms with Crippen molar-refractivity contribution in [3.8, 4) is 17.6 Å². The van der Waals surface area contributed by atoms with Crippen LogP contribution < -0.4 is 9.47 Å². The zero-order valence-electron chi connectivity index (χ0n) is 21.5. The Bertz CT molecular complexity index is 971. The number of ether oxygens (including phenoxy) is 4. The number of hydrogen-bond acceptors (Lipinski definition) is 8. The first-order valence-corrected chi connectivity index (χ1v) is 11.2. The highest BCUT2D eigenvalue weighted by molar-refractivity contribution is 5.87. The van der Waals surface area contributed by atoms with Gasteiger partial charge in [0.1, 0.15) is 0 Å². The van der Waals surface area contributed by atoms with E-state index in [9.17, 15) is 10.1 Å². The number of carbonyl (C=O) groups excluding carboxylic acids is 2. The highest BCUT2D eigenvalue weighted by atomic mass is 16.5. The van der Waals surface area contributed by atoms with Crippen LogP contribution in [0.3, 0.4) is 0 Å². The van der Waals surface area contributed by atoms with Crippen LogP contribution in [-0.2, 0) is 30.9 Å². The van der Waals surface area contributed by atoms with Crippen molar-refractivity contribution < 1.29 is 28.5 Å². The molecule has 190 valence electrons. The molecule has 0 saturated heterocycles. The van der Waals surface area contributed by atoms with Crippen molar-refractivity contribution in [3.63, 3.8) is 0 Å². The summed E-state index contributed by atoms with van der Waals surface area (Å²) in [6.07, 6.45) is 1.97. The van der Waals surface area contributed by atoms with E-state index >= 15 is 0 Å². The highest BCUT2D eigenvalue weighted by Gasteiger charge is 2.42. The van der Waals surface area contributed by atoms with Crippen LogP contribution >= 0.6 is 0 Å². The maximum absolute atomic E-state index is 12.7. The standard InChI is InChI=1S/C25H32N2O4.C2H4O2/c1-19-7-9-20(10-8-19)13-16-27(2)15-6-14-25(18-26,24(28)31-5)21-11-12-22(29-3)23(17-21)30-4;1-4-2-3/h7-12,17H,6,13-16H2,1-5H3;2H,1H3. The van der Waals surface area contributed by atoms with E-state index in [1.165, 1.54) is 32.5 Å². The lowest BCUT2D eigenvalue weighted by molar-refractivity contribution is -0.145. The van der Waals surface area contributed by atoms with Gasteiger partial charge in [-0.1, -0.05) is 35.9 Å². The summed E-state index contributed by atoms with van der Waals surface area (Å²) in [6, 6.07) is 15.9. The van der Waals surface area contributed by atoms with Crippen LogP contribution in [0.1, 0.15) is 29.5 Å². The van der Waals surface area contributed by atoms with Gasteiger partial charge in [-0.3, -0.25) is 4.79 Å². The van der Waals surface area contributed by atoms with E-state index in [-0.39, 0.29) is 0 Å². The summed E-state index contributed by atoms with van der Waals surface area (Å²) in [5, 5.41) is 10.0. The lowest BCUT2D eigenvalue weighted by Crippen LogP contribution is -2.36. The molecule has 2 aromatic carbocycles. The SMILES string of the molecule is COC(=O)C(C#N)(CCCN(C)CCc1ccc(C)cc1)c1ccc(OC)c(OC)c1.COC=O. The largest absolute Gasteiger partial charge is 0.493 e. The number of nitrogens with zero attached hydrogens (tertiary/aromatic N) is 2. The third kappa shape index (κ3) is 8.62. The lowest BCUT2D eigenvalue weighted by atomic mass is 9.77. The van der Waals surface area contributed by atoms with Gasteiger partial charge in [-0.05, 0) is 63.0 Å². The smallest absolute Gasteiger partial charge is 0.330 e. The summed E-state index contributed by atoms with van der Waals surface area (Å²) in [4.78, 5) is 23.9. The number of rotatable bonds is 12. The average Bonchev–Trinajstić information content (AvgIpc) is 2.90. The van der Waals surface area contributed by atoms with E-state index < -0.39 is 11.4 Å². The van der Waals surface area contributed by atoms with Gasteiger partial charge in [0.2, 0.25) is 0 Å². The Hall–Kier alpha value is -3.57. The molecule has 2 aromatic rings. The molecule has 0 bridgehead atoms. The van der Waals surface area contributed by atoms with Crippen molar-refractivity contribution in [2.75, 3.05) is 48.6 Å². The van der Waals surface area contributed by atoms with Crippen LogP contribution in [0.15, 0.2) is 42.5 Å². The molecule has 1 unspecified atom stereocenters. The van der Waals surface area contributed by atoms with E-state index in [1.807, 2.05) is 0 Å². The van der Waals surface area contributed by atoms with Gasteiger partial charge < -0.3 is 23.8 Å². The number of hydrogen-bond donors (Lipinski definition) is 0. The number of aryl methyl sites for hydroxylation is 1. The van der Waals surface area contributed by atoms with Gasteiger partial charge >= 0.3 is 5.97 Å². The fraction of sp³-hybridized carbons (Fsp3) is 0.444. The summed E-state index contributed by atoms with van der Waals surface area (Å²) in [7, 11) is 7.74. The van der Waals surface area contributed by atoms with Crippen LogP contribution in [0, 0.1) is 18.3 Å². The maximum atomic E-state index is 12.7. The molecular formula is C27H36N2O6. The molecule has 0 amide bonds. The van der Waals surface area contributed by atoms with E-state index in [1.54, 1.807) is 25.3 Å². The van der Waals surface area contributed by atoms with Crippen molar-refractivity contribution in [2.45, 2.75) is 31.6 Å².